The second-order valence-corrected chi connectivity index (χ2v) is 6.36. The van der Waals surface area contributed by atoms with Crippen molar-refractivity contribution in [3.63, 3.8) is 0 Å². The highest BCUT2D eigenvalue weighted by Crippen LogP contribution is 2.13. The lowest BCUT2D eigenvalue weighted by molar-refractivity contribution is 0.533. The van der Waals surface area contributed by atoms with Gasteiger partial charge in [-0.05, 0) is 12.8 Å². The van der Waals surface area contributed by atoms with Gasteiger partial charge in [0.2, 0.25) is 0 Å². The van der Waals surface area contributed by atoms with E-state index in [0.29, 0.717) is 0 Å². The van der Waals surface area contributed by atoms with Crippen LogP contribution in [0, 0.1) is 6.58 Å². The molecule has 0 heteroatoms. The summed E-state index contributed by atoms with van der Waals surface area (Å²) in [5.41, 5.74) is 0. The second-order valence-electron chi connectivity index (χ2n) is 6.36. The molecule has 0 atom stereocenters. The normalized spacial score (nSPS) is 11.3. The highest BCUT2D eigenvalue weighted by Gasteiger charge is 1.93. The fourth-order valence-corrected chi connectivity index (χ4v) is 2.81. The third-order valence-corrected chi connectivity index (χ3v) is 4.22. The summed E-state index contributed by atoms with van der Waals surface area (Å²) in [6.07, 6.45) is 28.4. The monoisotopic (exact) mass is 291 g/mol. The van der Waals surface area contributed by atoms with Crippen molar-refractivity contribution < 1.29 is 0 Å². The molecule has 0 aliphatic rings. The Kier molecular flexibility index (Phi) is 19.0. The predicted octanol–water partition coefficient (Wildman–Crippen LogP) is 7.79. The first-order valence-corrected chi connectivity index (χ1v) is 9.62. The van der Waals surface area contributed by atoms with Crippen LogP contribution in [0.1, 0.15) is 110 Å². The molecule has 0 aliphatic carbocycles. The van der Waals surface area contributed by atoms with Crippen molar-refractivity contribution >= 4 is 0 Å². The molecule has 0 bridgehead atoms. The Bertz CT molecular complexity index is 214. The first kappa shape index (κ1) is 20.5. The Morgan fingerprint density at radius 1 is 0.571 bits per heavy atom. The molecule has 0 aliphatic heterocycles. The van der Waals surface area contributed by atoms with E-state index in [1.165, 1.54) is 103 Å². The van der Waals surface area contributed by atoms with Gasteiger partial charge in [-0.1, -0.05) is 122 Å². The van der Waals surface area contributed by atoms with Crippen molar-refractivity contribution in [2.24, 2.45) is 0 Å². The molecule has 1 radical (unpaired) electrons. The van der Waals surface area contributed by atoms with Crippen LogP contribution in [-0.4, -0.2) is 0 Å². The first-order chi connectivity index (χ1) is 10.4. The number of allylic oxidation sites excluding steroid dienone is 3. The maximum atomic E-state index is 5.28. The van der Waals surface area contributed by atoms with Gasteiger partial charge in [-0.3, -0.25) is 0 Å². The molecule has 0 nitrogen and oxygen atoms in total. The molecule has 0 N–H and O–H groups in total. The largest absolute Gasteiger partial charge is 0.0845 e. The van der Waals surface area contributed by atoms with Gasteiger partial charge in [-0.2, -0.15) is 0 Å². The molecule has 0 aromatic carbocycles. The maximum absolute atomic E-state index is 5.28. The summed E-state index contributed by atoms with van der Waals surface area (Å²) in [7, 11) is 0. The lowest BCUT2D eigenvalue weighted by Crippen LogP contribution is -1.83. The van der Waals surface area contributed by atoms with Crippen LogP contribution in [-0.2, 0) is 0 Å². The first-order valence-electron chi connectivity index (χ1n) is 9.62. The van der Waals surface area contributed by atoms with Crippen LogP contribution in [0.4, 0.5) is 0 Å². The lowest BCUT2D eigenvalue weighted by Gasteiger charge is -2.03. The fourth-order valence-electron chi connectivity index (χ4n) is 2.81. The smallest absolute Gasteiger partial charge is 0.0348 e. The van der Waals surface area contributed by atoms with Crippen molar-refractivity contribution in [1.82, 2.24) is 0 Å². The predicted molar refractivity (Wildman–Crippen MR) is 97.6 cm³/mol. The topological polar surface area (TPSA) is 0 Å². The summed E-state index contributed by atoms with van der Waals surface area (Å²) in [4.78, 5) is 0. The Morgan fingerprint density at radius 2 is 0.952 bits per heavy atom. The SMILES string of the molecule is [CH]=CC=CCCCCCCCCCCCCCCCCC. The Balaban J connectivity index is 2.96. The third-order valence-electron chi connectivity index (χ3n) is 4.22. The summed E-state index contributed by atoms with van der Waals surface area (Å²) in [6.45, 7) is 7.57. The molecular weight excluding hydrogens is 252 g/mol. The Morgan fingerprint density at radius 3 is 1.33 bits per heavy atom. The van der Waals surface area contributed by atoms with Crippen molar-refractivity contribution in [3.05, 3.63) is 24.8 Å². The Hall–Kier alpha value is -0.520. The van der Waals surface area contributed by atoms with Gasteiger partial charge < -0.3 is 0 Å². The van der Waals surface area contributed by atoms with Crippen molar-refractivity contribution in [2.45, 2.75) is 110 Å². The average molecular weight is 292 g/mol. The number of hydrogen-bond acceptors (Lipinski definition) is 0. The van der Waals surface area contributed by atoms with Gasteiger partial charge in [0.25, 0.3) is 0 Å². The molecule has 0 aromatic rings. The summed E-state index contributed by atoms with van der Waals surface area (Å²) in [6, 6.07) is 0. The van der Waals surface area contributed by atoms with E-state index in [9.17, 15) is 0 Å². The average Bonchev–Trinajstić information content (AvgIpc) is 2.50. The summed E-state index contributed by atoms with van der Waals surface area (Å²) in [5, 5.41) is 0. The van der Waals surface area contributed by atoms with Crippen LogP contribution in [0.15, 0.2) is 18.2 Å². The van der Waals surface area contributed by atoms with E-state index in [4.69, 9.17) is 6.58 Å². The zero-order valence-corrected chi connectivity index (χ0v) is 14.6. The van der Waals surface area contributed by atoms with E-state index in [-0.39, 0.29) is 0 Å². The number of hydrogen-bond donors (Lipinski definition) is 0. The van der Waals surface area contributed by atoms with Gasteiger partial charge in [-0.15, -0.1) is 0 Å². The van der Waals surface area contributed by atoms with Gasteiger partial charge >= 0.3 is 0 Å². The van der Waals surface area contributed by atoms with Crippen LogP contribution in [0.25, 0.3) is 0 Å². The van der Waals surface area contributed by atoms with Crippen LogP contribution in [0.2, 0.25) is 0 Å². The minimum absolute atomic E-state index is 1.19. The molecule has 0 saturated heterocycles. The Labute approximate surface area is 135 Å². The van der Waals surface area contributed by atoms with Gasteiger partial charge in [0.05, 0.1) is 0 Å². The maximum Gasteiger partial charge on any atom is -0.0348 e. The molecule has 123 valence electrons. The zero-order chi connectivity index (χ0) is 15.4. The molecule has 0 rings (SSSR count). The lowest BCUT2D eigenvalue weighted by atomic mass is 10.0. The zero-order valence-electron chi connectivity index (χ0n) is 14.6. The van der Waals surface area contributed by atoms with E-state index in [1.807, 2.05) is 6.08 Å². The molecule has 0 amide bonds. The summed E-state index contributed by atoms with van der Waals surface area (Å²) < 4.78 is 0. The number of rotatable bonds is 17. The minimum Gasteiger partial charge on any atom is -0.0845 e. The van der Waals surface area contributed by atoms with Crippen molar-refractivity contribution in [1.29, 1.82) is 0 Å². The third kappa shape index (κ3) is 19.5. The van der Waals surface area contributed by atoms with Gasteiger partial charge in [0.15, 0.2) is 0 Å². The van der Waals surface area contributed by atoms with E-state index in [2.05, 4.69) is 13.0 Å². The van der Waals surface area contributed by atoms with Gasteiger partial charge in [0, 0.05) is 0 Å². The van der Waals surface area contributed by atoms with Crippen molar-refractivity contribution in [3.8, 4) is 0 Å². The molecular formula is C21H39. The molecule has 0 unspecified atom stereocenters. The highest BCUT2D eigenvalue weighted by molar-refractivity contribution is 4.95. The summed E-state index contributed by atoms with van der Waals surface area (Å²) >= 11 is 0. The van der Waals surface area contributed by atoms with E-state index >= 15 is 0 Å². The number of unbranched alkanes of at least 4 members (excludes halogenated alkanes) is 15. The van der Waals surface area contributed by atoms with Crippen molar-refractivity contribution in [2.75, 3.05) is 0 Å². The van der Waals surface area contributed by atoms with Crippen LogP contribution in [0.3, 0.4) is 0 Å². The quantitative estimate of drug-likeness (QED) is 0.189. The van der Waals surface area contributed by atoms with Gasteiger partial charge in [0.1, 0.15) is 0 Å². The van der Waals surface area contributed by atoms with Crippen LogP contribution in [0.5, 0.6) is 0 Å². The molecule has 0 fully saturated rings. The molecule has 0 heterocycles. The summed E-state index contributed by atoms with van der Waals surface area (Å²) in [5.74, 6) is 0. The van der Waals surface area contributed by atoms with E-state index in [1.54, 1.807) is 6.08 Å². The standard InChI is InChI=1S/C21H39/c1-3-5-7-9-11-13-15-17-19-21-20-18-16-14-12-10-8-6-4-2/h1,3,5,7H,4,6,8-21H2,2H3. The molecule has 0 saturated carbocycles. The molecule has 21 heavy (non-hydrogen) atoms. The second kappa shape index (κ2) is 19.5. The molecule has 0 aromatic heterocycles. The van der Waals surface area contributed by atoms with E-state index in [0.717, 1.165) is 0 Å². The van der Waals surface area contributed by atoms with Gasteiger partial charge in [-0.25, -0.2) is 0 Å². The fraction of sp³-hybridized carbons (Fsp3) is 0.810. The van der Waals surface area contributed by atoms with Crippen LogP contribution < -0.4 is 0 Å². The van der Waals surface area contributed by atoms with E-state index < -0.39 is 0 Å². The van der Waals surface area contributed by atoms with Crippen LogP contribution >= 0.6 is 0 Å². The molecule has 0 spiro atoms. The minimum atomic E-state index is 1.19. The highest BCUT2D eigenvalue weighted by atomic mass is 14.0.